The molecule has 0 spiro atoms. The number of nitrogens with one attached hydrogen (secondary N) is 1. The first kappa shape index (κ1) is 10.4. The summed E-state index contributed by atoms with van der Waals surface area (Å²) in [6, 6.07) is 5.85. The second-order valence-corrected chi connectivity index (χ2v) is 3.93. The number of rotatable bonds is 4. The number of anilines is 2. The summed E-state index contributed by atoms with van der Waals surface area (Å²) in [6.45, 7) is 3.16. The summed E-state index contributed by atoms with van der Waals surface area (Å²) in [5.41, 5.74) is 7.61. The van der Waals surface area contributed by atoms with Crippen LogP contribution in [0.25, 0.3) is 0 Å². The van der Waals surface area contributed by atoms with Gasteiger partial charge in [-0.1, -0.05) is 29.3 Å². The van der Waals surface area contributed by atoms with E-state index in [1.54, 1.807) is 0 Å². The van der Waals surface area contributed by atoms with Crippen LogP contribution in [0.2, 0.25) is 0 Å². The van der Waals surface area contributed by atoms with E-state index in [1.165, 1.54) is 12.8 Å². The molecular formula is C10H15BrN2. The van der Waals surface area contributed by atoms with E-state index < -0.39 is 0 Å². The van der Waals surface area contributed by atoms with Crippen molar-refractivity contribution in [3.8, 4) is 0 Å². The highest BCUT2D eigenvalue weighted by Gasteiger charge is 1.97. The molecule has 0 fully saturated rings. The second kappa shape index (κ2) is 5.12. The first-order valence-electron chi connectivity index (χ1n) is 4.53. The molecule has 0 bridgehead atoms. The Hall–Kier alpha value is -0.700. The van der Waals surface area contributed by atoms with Gasteiger partial charge in [-0.3, -0.25) is 0 Å². The number of hydrogen-bond acceptors (Lipinski definition) is 2. The molecule has 72 valence electrons. The maximum Gasteiger partial charge on any atom is 0.0585 e. The zero-order valence-electron chi connectivity index (χ0n) is 7.81. The first-order chi connectivity index (χ1) is 6.24. The number of benzene rings is 1. The number of unbranched alkanes of at least 4 members (excludes halogenated alkanes) is 1. The Kier molecular flexibility index (Phi) is 4.09. The van der Waals surface area contributed by atoms with Crippen molar-refractivity contribution < 1.29 is 0 Å². The smallest absolute Gasteiger partial charge is 0.0585 e. The Balaban J connectivity index is 2.59. The molecular weight excluding hydrogens is 228 g/mol. The molecule has 1 aromatic rings. The average Bonchev–Trinajstić information content (AvgIpc) is 2.11. The van der Waals surface area contributed by atoms with Crippen LogP contribution in [-0.2, 0) is 0 Å². The van der Waals surface area contributed by atoms with Crippen LogP contribution in [0.1, 0.15) is 19.8 Å². The molecule has 0 aliphatic heterocycles. The topological polar surface area (TPSA) is 38.0 Å². The summed E-state index contributed by atoms with van der Waals surface area (Å²) >= 11 is 3.41. The minimum atomic E-state index is 0.805. The van der Waals surface area contributed by atoms with Crippen molar-refractivity contribution in [2.45, 2.75) is 19.8 Å². The molecule has 0 radical (unpaired) electrons. The van der Waals surface area contributed by atoms with Gasteiger partial charge in [0, 0.05) is 11.0 Å². The molecule has 1 rings (SSSR count). The molecule has 0 aliphatic rings. The highest BCUT2D eigenvalue weighted by molar-refractivity contribution is 9.10. The third-order valence-electron chi connectivity index (χ3n) is 1.86. The van der Waals surface area contributed by atoms with E-state index in [1.807, 2.05) is 18.2 Å². The van der Waals surface area contributed by atoms with Gasteiger partial charge in [0.15, 0.2) is 0 Å². The van der Waals surface area contributed by atoms with E-state index in [9.17, 15) is 0 Å². The van der Waals surface area contributed by atoms with E-state index >= 15 is 0 Å². The Morgan fingerprint density at radius 3 is 2.92 bits per heavy atom. The minimum Gasteiger partial charge on any atom is -0.397 e. The van der Waals surface area contributed by atoms with Crippen LogP contribution in [0.5, 0.6) is 0 Å². The summed E-state index contributed by atoms with van der Waals surface area (Å²) < 4.78 is 1.06. The molecule has 0 aliphatic carbocycles. The molecule has 0 saturated heterocycles. The van der Waals surface area contributed by atoms with E-state index in [-0.39, 0.29) is 0 Å². The predicted molar refractivity (Wildman–Crippen MR) is 62.0 cm³/mol. The Labute approximate surface area is 87.6 Å². The minimum absolute atomic E-state index is 0.805. The maximum atomic E-state index is 5.79. The van der Waals surface area contributed by atoms with Gasteiger partial charge in [0.2, 0.25) is 0 Å². The van der Waals surface area contributed by atoms with E-state index in [4.69, 9.17) is 5.73 Å². The number of nitrogen functional groups attached to an aromatic ring is 1. The van der Waals surface area contributed by atoms with Crippen molar-refractivity contribution >= 4 is 27.3 Å². The lowest BCUT2D eigenvalue weighted by molar-refractivity contribution is 0.834. The monoisotopic (exact) mass is 242 g/mol. The summed E-state index contributed by atoms with van der Waals surface area (Å²) in [5.74, 6) is 0. The SMILES string of the molecule is CCCCNc1cc(Br)ccc1N. The van der Waals surface area contributed by atoms with Crippen molar-refractivity contribution in [3.05, 3.63) is 22.7 Å². The molecule has 2 nitrogen and oxygen atoms in total. The molecule has 0 amide bonds. The molecule has 3 N–H and O–H groups in total. The molecule has 3 heteroatoms. The number of hydrogen-bond donors (Lipinski definition) is 2. The standard InChI is InChI=1S/C10H15BrN2/c1-2-3-6-13-10-7-8(11)4-5-9(10)12/h4-5,7,13H,2-3,6,12H2,1H3. The second-order valence-electron chi connectivity index (χ2n) is 3.01. The molecule has 0 unspecified atom stereocenters. The van der Waals surface area contributed by atoms with Crippen LogP contribution < -0.4 is 11.1 Å². The van der Waals surface area contributed by atoms with Gasteiger partial charge < -0.3 is 11.1 Å². The van der Waals surface area contributed by atoms with E-state index in [2.05, 4.69) is 28.2 Å². The van der Waals surface area contributed by atoms with Crippen LogP contribution in [0.4, 0.5) is 11.4 Å². The van der Waals surface area contributed by atoms with Crippen molar-refractivity contribution in [2.24, 2.45) is 0 Å². The molecule has 1 aromatic carbocycles. The van der Waals surface area contributed by atoms with Crippen molar-refractivity contribution in [1.82, 2.24) is 0 Å². The molecule has 0 heterocycles. The Bertz CT molecular complexity index is 274. The largest absolute Gasteiger partial charge is 0.397 e. The highest BCUT2D eigenvalue weighted by atomic mass is 79.9. The fourth-order valence-corrected chi connectivity index (χ4v) is 1.44. The fraction of sp³-hybridized carbons (Fsp3) is 0.400. The van der Waals surface area contributed by atoms with Crippen LogP contribution in [-0.4, -0.2) is 6.54 Å². The van der Waals surface area contributed by atoms with E-state index in [0.29, 0.717) is 0 Å². The molecule has 0 aromatic heterocycles. The fourth-order valence-electron chi connectivity index (χ4n) is 1.08. The van der Waals surface area contributed by atoms with Gasteiger partial charge in [-0.15, -0.1) is 0 Å². The summed E-state index contributed by atoms with van der Waals surface area (Å²) in [7, 11) is 0. The van der Waals surface area contributed by atoms with Gasteiger partial charge in [-0.2, -0.15) is 0 Å². The number of halogens is 1. The van der Waals surface area contributed by atoms with Crippen LogP contribution >= 0.6 is 15.9 Å². The third kappa shape index (κ3) is 3.27. The van der Waals surface area contributed by atoms with Gasteiger partial charge >= 0.3 is 0 Å². The molecule has 0 saturated carbocycles. The maximum absolute atomic E-state index is 5.79. The van der Waals surface area contributed by atoms with Gasteiger partial charge in [0.05, 0.1) is 11.4 Å². The lowest BCUT2D eigenvalue weighted by atomic mass is 10.2. The Morgan fingerprint density at radius 2 is 2.23 bits per heavy atom. The highest BCUT2D eigenvalue weighted by Crippen LogP contribution is 2.23. The van der Waals surface area contributed by atoms with Crippen molar-refractivity contribution in [1.29, 1.82) is 0 Å². The van der Waals surface area contributed by atoms with Gasteiger partial charge in [0.25, 0.3) is 0 Å². The normalized spacial score (nSPS) is 10.0. The first-order valence-corrected chi connectivity index (χ1v) is 5.32. The molecule has 13 heavy (non-hydrogen) atoms. The number of nitrogens with two attached hydrogens (primary N) is 1. The quantitative estimate of drug-likeness (QED) is 0.629. The summed E-state index contributed by atoms with van der Waals surface area (Å²) in [6.07, 6.45) is 2.37. The van der Waals surface area contributed by atoms with Crippen LogP contribution in [0, 0.1) is 0 Å². The third-order valence-corrected chi connectivity index (χ3v) is 2.35. The summed E-state index contributed by atoms with van der Waals surface area (Å²) in [5, 5.41) is 3.30. The zero-order valence-corrected chi connectivity index (χ0v) is 9.39. The van der Waals surface area contributed by atoms with Crippen molar-refractivity contribution in [2.75, 3.05) is 17.6 Å². The van der Waals surface area contributed by atoms with Gasteiger partial charge in [0.1, 0.15) is 0 Å². The van der Waals surface area contributed by atoms with Gasteiger partial charge in [-0.25, -0.2) is 0 Å². The van der Waals surface area contributed by atoms with E-state index in [0.717, 1.165) is 22.4 Å². The lowest BCUT2D eigenvalue weighted by Crippen LogP contribution is -2.03. The average molecular weight is 243 g/mol. The Morgan fingerprint density at radius 1 is 1.46 bits per heavy atom. The van der Waals surface area contributed by atoms with Gasteiger partial charge in [-0.05, 0) is 24.6 Å². The summed E-state index contributed by atoms with van der Waals surface area (Å²) in [4.78, 5) is 0. The lowest BCUT2D eigenvalue weighted by Gasteiger charge is -2.08. The van der Waals surface area contributed by atoms with Crippen molar-refractivity contribution in [3.63, 3.8) is 0 Å². The van der Waals surface area contributed by atoms with Crippen LogP contribution in [0.3, 0.4) is 0 Å². The van der Waals surface area contributed by atoms with Crippen LogP contribution in [0.15, 0.2) is 22.7 Å². The zero-order chi connectivity index (χ0) is 9.68. The predicted octanol–water partition coefficient (Wildman–Crippen LogP) is 3.24. The molecule has 0 atom stereocenters.